The minimum Gasteiger partial charge on any atom is -0.469 e. The number of hydrogen-bond donors (Lipinski definition) is 0. The fourth-order valence-electron chi connectivity index (χ4n) is 9.51. The second kappa shape index (κ2) is 81.1. The SMILES string of the molecule is CCCC(=O)OC.CCCCCCCC(=O)OCC.CCCCCCCC/C=C\CCCCCCCC(=O)OCC(COC(=O)CCCCCCC/C=C\CCCCCCCC)OC(=O)CCCCCCC/C=C\CCCCCCCC.CCOC(C)=O. The van der Waals surface area contributed by atoms with Crippen molar-refractivity contribution >= 4 is 35.8 Å². The zero-order chi connectivity index (χ0) is 65.7. The van der Waals surface area contributed by atoms with E-state index in [9.17, 15) is 28.8 Å². The molecule has 0 fully saturated rings. The highest BCUT2D eigenvalue weighted by molar-refractivity contribution is 5.71. The normalized spacial score (nSPS) is 11.0. The smallest absolute Gasteiger partial charge is 0.306 e. The van der Waals surface area contributed by atoms with Crippen molar-refractivity contribution in [2.75, 3.05) is 33.5 Å². The number of carbonyl (C=O) groups is 6. The van der Waals surface area contributed by atoms with Gasteiger partial charge in [0.2, 0.25) is 0 Å². The van der Waals surface area contributed by atoms with Crippen LogP contribution in [0.5, 0.6) is 0 Å². The summed E-state index contributed by atoms with van der Waals surface area (Å²) in [6, 6.07) is 0. The maximum Gasteiger partial charge on any atom is 0.306 e. The van der Waals surface area contributed by atoms with E-state index < -0.39 is 6.10 Å². The Morgan fingerprint density at radius 1 is 0.273 bits per heavy atom. The number of methoxy groups -OCH3 is 1. The van der Waals surface area contributed by atoms with Crippen molar-refractivity contribution in [2.45, 2.75) is 383 Å². The largest absolute Gasteiger partial charge is 0.469 e. The minimum atomic E-state index is -0.781. The zero-order valence-electron chi connectivity index (χ0n) is 59.1. The fraction of sp³-hybridized carbons (Fsp3) is 0.842. The number of hydrogen-bond acceptors (Lipinski definition) is 12. The molecule has 0 heterocycles. The van der Waals surface area contributed by atoms with E-state index in [0.717, 1.165) is 96.3 Å². The maximum absolute atomic E-state index is 12.8. The van der Waals surface area contributed by atoms with Crippen LogP contribution in [0.3, 0.4) is 0 Å². The summed E-state index contributed by atoms with van der Waals surface area (Å²) < 4.78 is 30.4. The van der Waals surface area contributed by atoms with Gasteiger partial charge in [-0.3, -0.25) is 28.8 Å². The van der Waals surface area contributed by atoms with E-state index in [-0.39, 0.29) is 49.0 Å². The van der Waals surface area contributed by atoms with Crippen molar-refractivity contribution in [1.29, 1.82) is 0 Å². The predicted octanol–water partition coefficient (Wildman–Crippen LogP) is 22.5. The number of rotatable bonds is 60. The van der Waals surface area contributed by atoms with Crippen molar-refractivity contribution < 1.29 is 57.2 Å². The maximum atomic E-state index is 12.8. The van der Waals surface area contributed by atoms with Crippen LogP contribution < -0.4 is 0 Å². The van der Waals surface area contributed by atoms with E-state index >= 15 is 0 Å². The first-order valence-corrected chi connectivity index (χ1v) is 36.7. The molecule has 12 heteroatoms. The number of carbonyl (C=O) groups excluding carboxylic acids is 6. The molecule has 0 atom stereocenters. The molecule has 0 N–H and O–H groups in total. The second-order valence-electron chi connectivity index (χ2n) is 23.7. The van der Waals surface area contributed by atoms with E-state index in [1.54, 1.807) is 6.92 Å². The van der Waals surface area contributed by atoms with Gasteiger partial charge < -0.3 is 28.4 Å². The van der Waals surface area contributed by atoms with Crippen LogP contribution in [-0.4, -0.2) is 75.5 Å². The van der Waals surface area contributed by atoms with Crippen LogP contribution in [0.25, 0.3) is 0 Å². The molecule has 88 heavy (non-hydrogen) atoms. The van der Waals surface area contributed by atoms with Gasteiger partial charge in [0, 0.05) is 39.0 Å². The Morgan fingerprint density at radius 2 is 0.523 bits per heavy atom. The quantitative estimate of drug-likeness (QED) is 0.0246. The van der Waals surface area contributed by atoms with Gasteiger partial charge in [-0.1, -0.05) is 251 Å². The van der Waals surface area contributed by atoms with E-state index in [1.807, 2.05) is 13.8 Å². The molecular weight excluding hydrogens is 1100 g/mol. The minimum absolute atomic E-state index is 0.0472. The monoisotopic (exact) mass is 1250 g/mol. The van der Waals surface area contributed by atoms with E-state index in [4.69, 9.17) is 18.9 Å². The molecule has 0 aliphatic heterocycles. The highest BCUT2D eigenvalue weighted by atomic mass is 16.6. The molecule has 0 rings (SSSR count). The Morgan fingerprint density at radius 3 is 0.750 bits per heavy atom. The Balaban J connectivity index is -0.00000116. The number of ether oxygens (including phenoxy) is 6. The third-order valence-electron chi connectivity index (χ3n) is 14.9. The van der Waals surface area contributed by atoms with Gasteiger partial charge in [0.1, 0.15) is 13.2 Å². The summed E-state index contributed by atoms with van der Waals surface area (Å²) in [7, 11) is 1.40. The summed E-state index contributed by atoms with van der Waals surface area (Å²) in [5, 5.41) is 0. The molecule has 0 aliphatic carbocycles. The number of unbranched alkanes of at least 4 members (excludes halogenated alkanes) is 37. The molecular formula is C76H142O12. The molecule has 0 aromatic heterocycles. The molecule has 0 amide bonds. The van der Waals surface area contributed by atoms with E-state index in [1.165, 1.54) is 207 Å². The van der Waals surface area contributed by atoms with Gasteiger partial charge in [-0.2, -0.15) is 0 Å². The molecule has 0 unspecified atom stereocenters. The number of allylic oxidation sites excluding steroid dienone is 6. The first kappa shape index (κ1) is 90.5. The van der Waals surface area contributed by atoms with Gasteiger partial charge in [0.05, 0.1) is 20.3 Å². The van der Waals surface area contributed by atoms with Crippen LogP contribution in [0, 0.1) is 0 Å². The van der Waals surface area contributed by atoms with Gasteiger partial charge in [0.15, 0.2) is 6.10 Å². The van der Waals surface area contributed by atoms with Gasteiger partial charge >= 0.3 is 35.8 Å². The summed E-state index contributed by atoms with van der Waals surface area (Å²) in [6.45, 7) is 16.8. The van der Waals surface area contributed by atoms with Crippen molar-refractivity contribution in [3.8, 4) is 0 Å². The number of esters is 6. The van der Waals surface area contributed by atoms with Crippen molar-refractivity contribution in [1.82, 2.24) is 0 Å². The summed E-state index contributed by atoms with van der Waals surface area (Å²) >= 11 is 0. The molecule has 0 spiro atoms. The Bertz CT molecular complexity index is 1520. The van der Waals surface area contributed by atoms with Crippen LogP contribution in [0.15, 0.2) is 36.5 Å². The van der Waals surface area contributed by atoms with Gasteiger partial charge in [-0.05, 0) is 123 Å². The third-order valence-corrected chi connectivity index (χ3v) is 14.9. The lowest BCUT2D eigenvalue weighted by Crippen LogP contribution is -2.30. The average molecular weight is 1250 g/mol. The lowest BCUT2D eigenvalue weighted by atomic mass is 10.1. The molecule has 518 valence electrons. The molecule has 0 saturated carbocycles. The first-order valence-electron chi connectivity index (χ1n) is 36.7. The summed E-state index contributed by atoms with van der Waals surface area (Å²) in [4.78, 5) is 68.9. The summed E-state index contributed by atoms with van der Waals surface area (Å²) in [5.41, 5.74) is 0. The first-order chi connectivity index (χ1) is 42.9. The average Bonchev–Trinajstić information content (AvgIpc) is 3.68. The van der Waals surface area contributed by atoms with Crippen LogP contribution in [0.4, 0.5) is 0 Å². The molecule has 0 aliphatic rings. The summed E-state index contributed by atoms with van der Waals surface area (Å²) in [6.07, 6.45) is 69.2. The van der Waals surface area contributed by atoms with Gasteiger partial charge in [-0.25, -0.2) is 0 Å². The van der Waals surface area contributed by atoms with Crippen LogP contribution in [0.2, 0.25) is 0 Å². The Kier molecular flexibility index (Phi) is 83.3. The van der Waals surface area contributed by atoms with Crippen molar-refractivity contribution in [3.63, 3.8) is 0 Å². The molecule has 0 aromatic carbocycles. The fourth-order valence-corrected chi connectivity index (χ4v) is 9.51. The molecule has 0 saturated heterocycles. The molecule has 12 nitrogen and oxygen atoms in total. The highest BCUT2D eigenvalue weighted by Crippen LogP contribution is 2.15. The molecule has 0 bridgehead atoms. The Hall–Kier alpha value is -3.96. The highest BCUT2D eigenvalue weighted by Gasteiger charge is 2.19. The lowest BCUT2D eigenvalue weighted by molar-refractivity contribution is -0.167. The van der Waals surface area contributed by atoms with Crippen LogP contribution >= 0.6 is 0 Å². The molecule has 0 aromatic rings. The lowest BCUT2D eigenvalue weighted by Gasteiger charge is -2.18. The van der Waals surface area contributed by atoms with Crippen LogP contribution in [-0.2, 0) is 57.2 Å². The summed E-state index contributed by atoms with van der Waals surface area (Å²) in [5.74, 6) is -1.27. The van der Waals surface area contributed by atoms with E-state index in [0.29, 0.717) is 45.3 Å². The topological polar surface area (TPSA) is 158 Å². The van der Waals surface area contributed by atoms with Crippen molar-refractivity contribution in [2.24, 2.45) is 0 Å². The van der Waals surface area contributed by atoms with Crippen molar-refractivity contribution in [3.05, 3.63) is 36.5 Å². The predicted molar refractivity (Wildman–Crippen MR) is 369 cm³/mol. The Labute approximate surface area is 543 Å². The van der Waals surface area contributed by atoms with Gasteiger partial charge in [-0.15, -0.1) is 0 Å². The van der Waals surface area contributed by atoms with Crippen LogP contribution in [0.1, 0.15) is 376 Å². The third kappa shape index (κ3) is 86.2. The van der Waals surface area contributed by atoms with E-state index in [2.05, 4.69) is 73.6 Å². The standard InChI is InChI=1S/C57H104O6.C10H20O2.C5H10O2.C4H8O2/c1-4-7-10-13-16-19-22-25-28-31-34-37-40-43-46-49-55(58)61-52-54(63-57(60)51-48-45-42-39-36-33-30-27-24-21-18-15-12-9-6-3)53-62-56(59)50-47-44-41-38-35-32-29-26-23-20-17-14-11-8-5-2;1-3-5-6-7-8-9-10(11)12-4-2;1-3-4-5(6)7-2;1-3-6-4(2)5/h25-30,54H,4-24,31-53H2,1-3H3;3-9H2,1-2H3;3-4H2,1-2H3;3H2,1-2H3/b28-25-,29-26-,30-27-;;;. The second-order valence-corrected chi connectivity index (χ2v) is 23.7. The van der Waals surface area contributed by atoms with Gasteiger partial charge in [0.25, 0.3) is 0 Å². The molecule has 0 radical (unpaired) electrons. The zero-order valence-corrected chi connectivity index (χ0v) is 59.1.